The first-order valence-corrected chi connectivity index (χ1v) is 14.2. The third-order valence-corrected chi connectivity index (χ3v) is 7.77. The van der Waals surface area contributed by atoms with Crippen molar-refractivity contribution in [1.29, 1.82) is 0 Å². The summed E-state index contributed by atoms with van der Waals surface area (Å²) in [5, 5.41) is 16.1. The van der Waals surface area contributed by atoms with Gasteiger partial charge in [0.05, 0.1) is 19.0 Å². The number of para-hydroxylation sites is 1. The van der Waals surface area contributed by atoms with E-state index in [1.165, 1.54) is 19.1 Å². The molecule has 1 aliphatic heterocycles. The molecule has 6 atom stereocenters. The van der Waals surface area contributed by atoms with Crippen LogP contribution in [0.25, 0.3) is 11.2 Å². The molecule has 0 bridgehead atoms. The second kappa shape index (κ2) is 12.2. The van der Waals surface area contributed by atoms with Crippen LogP contribution in [0.2, 0.25) is 0 Å². The number of alkyl halides is 2. The van der Waals surface area contributed by atoms with Crippen molar-refractivity contribution in [2.24, 2.45) is 0 Å². The molecule has 0 saturated carbocycles. The number of carbonyl (C=O) groups excluding carboxylic acids is 1. The van der Waals surface area contributed by atoms with E-state index in [2.05, 4.69) is 25.4 Å². The Morgan fingerprint density at radius 1 is 1.29 bits per heavy atom. The summed E-state index contributed by atoms with van der Waals surface area (Å²) in [5.41, 5.74) is 3.01. The SMILES string of the molecule is CNc1nc(N)nc2c1ncn2[C@@H]1O[C@H](CO[P@@](=O)(N[C@H](C)C(=O)OC(C)C)Oc2ccccc2)[C@@H](O)[C@]1(F)CF. The van der Waals surface area contributed by atoms with Crippen molar-refractivity contribution in [2.75, 3.05) is 31.4 Å². The number of rotatable bonds is 12. The predicted molar refractivity (Wildman–Crippen MR) is 143 cm³/mol. The van der Waals surface area contributed by atoms with Gasteiger partial charge in [-0.2, -0.15) is 15.1 Å². The zero-order valence-electron chi connectivity index (χ0n) is 22.7. The van der Waals surface area contributed by atoms with Crippen molar-refractivity contribution in [3.63, 3.8) is 0 Å². The van der Waals surface area contributed by atoms with E-state index in [4.69, 9.17) is 24.3 Å². The van der Waals surface area contributed by atoms with Crippen LogP contribution in [0, 0.1) is 0 Å². The molecule has 0 radical (unpaired) electrons. The van der Waals surface area contributed by atoms with Gasteiger partial charge in [-0.1, -0.05) is 18.2 Å². The topological polar surface area (TPSA) is 185 Å². The molecule has 1 aliphatic rings. The maximum Gasteiger partial charge on any atom is 0.459 e. The number of nitrogens with zero attached hydrogens (tertiary/aromatic N) is 4. The Bertz CT molecular complexity index is 1420. The van der Waals surface area contributed by atoms with E-state index in [-0.39, 0.29) is 28.7 Å². The summed E-state index contributed by atoms with van der Waals surface area (Å²) >= 11 is 0. The van der Waals surface area contributed by atoms with Crippen LogP contribution in [0.4, 0.5) is 20.5 Å². The molecule has 0 spiro atoms. The molecule has 1 aromatic carbocycles. The second-order valence-corrected chi connectivity index (χ2v) is 11.3. The molecule has 5 N–H and O–H groups in total. The van der Waals surface area contributed by atoms with Crippen molar-refractivity contribution in [3.05, 3.63) is 36.7 Å². The van der Waals surface area contributed by atoms with E-state index in [1.807, 2.05) is 0 Å². The lowest BCUT2D eigenvalue weighted by Crippen LogP contribution is -2.45. The van der Waals surface area contributed by atoms with Crippen LogP contribution in [0.1, 0.15) is 27.0 Å². The summed E-state index contributed by atoms with van der Waals surface area (Å²) in [4.78, 5) is 24.6. The first-order chi connectivity index (χ1) is 19.4. The van der Waals surface area contributed by atoms with Gasteiger partial charge >= 0.3 is 13.7 Å². The number of aliphatic hydroxyl groups excluding tert-OH is 1. The molecule has 0 amide bonds. The maximum atomic E-state index is 16.0. The average Bonchev–Trinajstić information content (AvgIpc) is 3.45. The van der Waals surface area contributed by atoms with Crippen LogP contribution in [0.3, 0.4) is 0 Å². The minimum Gasteiger partial charge on any atom is -0.462 e. The Morgan fingerprint density at radius 2 is 2.00 bits per heavy atom. The lowest BCUT2D eigenvalue weighted by Gasteiger charge is -2.26. The number of esters is 1. The Hall–Kier alpha value is -3.43. The zero-order chi connectivity index (χ0) is 29.9. The molecule has 0 unspecified atom stereocenters. The van der Waals surface area contributed by atoms with Gasteiger partial charge in [0.25, 0.3) is 0 Å². The maximum absolute atomic E-state index is 16.0. The van der Waals surface area contributed by atoms with Gasteiger partial charge in [-0.05, 0) is 32.9 Å². The molecule has 224 valence electrons. The highest BCUT2D eigenvalue weighted by atomic mass is 31.2. The van der Waals surface area contributed by atoms with Gasteiger partial charge in [0.15, 0.2) is 23.2 Å². The van der Waals surface area contributed by atoms with Gasteiger partial charge < -0.3 is 30.2 Å². The number of anilines is 2. The van der Waals surface area contributed by atoms with Crippen molar-refractivity contribution in [3.8, 4) is 5.75 Å². The number of imidazole rings is 1. The molecule has 2 aromatic heterocycles. The lowest BCUT2D eigenvalue weighted by atomic mass is 9.97. The second-order valence-electron chi connectivity index (χ2n) is 9.57. The Morgan fingerprint density at radius 3 is 2.63 bits per heavy atom. The van der Waals surface area contributed by atoms with Crippen LogP contribution < -0.4 is 20.7 Å². The molecular formula is C24H32F2N7O7P. The summed E-state index contributed by atoms with van der Waals surface area (Å²) < 4.78 is 67.0. The van der Waals surface area contributed by atoms with Gasteiger partial charge in [-0.25, -0.2) is 18.3 Å². The van der Waals surface area contributed by atoms with Crippen molar-refractivity contribution < 1.29 is 41.8 Å². The molecule has 41 heavy (non-hydrogen) atoms. The van der Waals surface area contributed by atoms with Crippen LogP contribution in [-0.2, 0) is 23.4 Å². The smallest absolute Gasteiger partial charge is 0.459 e. The lowest BCUT2D eigenvalue weighted by molar-refractivity contribution is -0.149. The summed E-state index contributed by atoms with van der Waals surface area (Å²) in [5.74, 6) is -0.525. The fraction of sp³-hybridized carbons (Fsp3) is 0.500. The van der Waals surface area contributed by atoms with Gasteiger partial charge in [0.1, 0.15) is 30.7 Å². The molecule has 17 heteroatoms. The number of halogens is 2. The number of ether oxygens (including phenoxy) is 2. The van der Waals surface area contributed by atoms with E-state index in [0.717, 1.165) is 10.9 Å². The number of aliphatic hydroxyl groups is 1. The number of fused-ring (bicyclic) bond motifs is 1. The monoisotopic (exact) mass is 599 g/mol. The van der Waals surface area contributed by atoms with E-state index < -0.39 is 63.2 Å². The van der Waals surface area contributed by atoms with Crippen molar-refractivity contribution in [1.82, 2.24) is 24.6 Å². The Labute approximate surface area is 234 Å². The third-order valence-electron chi connectivity index (χ3n) is 6.13. The van der Waals surface area contributed by atoms with Gasteiger partial charge in [0, 0.05) is 7.05 Å². The molecule has 3 aromatic rings. The van der Waals surface area contributed by atoms with E-state index in [1.54, 1.807) is 39.1 Å². The highest BCUT2D eigenvalue weighted by Gasteiger charge is 2.59. The fourth-order valence-corrected chi connectivity index (χ4v) is 5.67. The number of nitrogen functional groups attached to an aromatic ring is 1. The predicted octanol–water partition coefficient (Wildman–Crippen LogP) is 2.52. The number of nitrogens with one attached hydrogen (secondary N) is 2. The Balaban J connectivity index is 1.59. The van der Waals surface area contributed by atoms with Crippen LogP contribution in [0.5, 0.6) is 5.75 Å². The zero-order valence-corrected chi connectivity index (χ0v) is 23.6. The third kappa shape index (κ3) is 6.41. The number of nitrogens with two attached hydrogens (primary N) is 1. The molecule has 4 rings (SSSR count). The van der Waals surface area contributed by atoms with E-state index >= 15 is 4.39 Å². The normalized spacial score (nSPS) is 24.7. The van der Waals surface area contributed by atoms with Crippen LogP contribution in [-0.4, -0.2) is 80.9 Å². The van der Waals surface area contributed by atoms with Gasteiger partial charge in [0.2, 0.25) is 11.6 Å². The number of carbonyl (C=O) groups is 1. The van der Waals surface area contributed by atoms with E-state index in [9.17, 15) is 18.9 Å². The summed E-state index contributed by atoms with van der Waals surface area (Å²) in [6.45, 7) is 2.31. The molecule has 3 heterocycles. The van der Waals surface area contributed by atoms with Gasteiger partial charge in [-0.15, -0.1) is 0 Å². The molecule has 1 fully saturated rings. The first kappa shape index (κ1) is 30.5. The highest BCUT2D eigenvalue weighted by Crippen LogP contribution is 2.48. The van der Waals surface area contributed by atoms with Crippen molar-refractivity contribution >= 4 is 36.6 Å². The molecule has 1 saturated heterocycles. The molecular weight excluding hydrogens is 567 g/mol. The summed E-state index contributed by atoms with van der Waals surface area (Å²) in [6.07, 6.45) is -4.66. The minimum absolute atomic E-state index is 0.0216. The number of benzene rings is 1. The Kier molecular flexibility index (Phi) is 9.09. The standard InChI is InChI=1S/C24H32F2N7O7P/c1-13(2)38-21(35)14(3)32-41(36,40-15-8-6-5-7-9-15)37-10-16-18(34)24(26,11-25)22(39-16)33-12-29-17-19(28-4)30-23(27)31-20(17)33/h5-9,12-14,16,18,22,34H,10-11H2,1-4H3,(H,32,36)(H3,27,28,30,31)/t14-,16-,18-,22-,24-,41+/m1/s1. The summed E-state index contributed by atoms with van der Waals surface area (Å²) in [7, 11) is -2.82. The first-order valence-electron chi connectivity index (χ1n) is 12.6. The fourth-order valence-electron chi connectivity index (χ4n) is 4.17. The van der Waals surface area contributed by atoms with Crippen LogP contribution >= 0.6 is 7.75 Å². The number of hydrogen-bond donors (Lipinski definition) is 4. The largest absolute Gasteiger partial charge is 0.462 e. The van der Waals surface area contributed by atoms with E-state index in [0.29, 0.717) is 0 Å². The van der Waals surface area contributed by atoms with Crippen LogP contribution in [0.15, 0.2) is 36.7 Å². The quantitative estimate of drug-likeness (QED) is 0.176. The molecule has 0 aliphatic carbocycles. The van der Waals surface area contributed by atoms with Crippen molar-refractivity contribution in [2.45, 2.75) is 57.0 Å². The minimum atomic E-state index is -4.38. The number of aromatic nitrogens is 4. The van der Waals surface area contributed by atoms with Gasteiger partial charge in [-0.3, -0.25) is 13.9 Å². The average molecular weight is 600 g/mol. The number of hydrogen-bond acceptors (Lipinski definition) is 12. The summed E-state index contributed by atoms with van der Waals surface area (Å²) in [6, 6.07) is 6.79. The molecule has 14 nitrogen and oxygen atoms in total. The highest BCUT2D eigenvalue weighted by molar-refractivity contribution is 7.52.